The number of hydrogen-bond acceptors (Lipinski definition) is 4. The Bertz CT molecular complexity index is 238. The smallest absolute Gasteiger partial charge is 0.328 e. The molecule has 0 radical (unpaired) electrons. The number of ether oxygens (including phenoxy) is 1. The first-order valence-electron chi connectivity index (χ1n) is 5.36. The minimum absolute atomic E-state index is 0.0464. The molecule has 0 heterocycles. The number of thioether (sulfide) groups is 1. The van der Waals surface area contributed by atoms with Crippen LogP contribution < -0.4 is 10.6 Å². The van der Waals surface area contributed by atoms with Crippen LogP contribution in [-0.4, -0.2) is 55.4 Å². The van der Waals surface area contributed by atoms with Crippen LogP contribution in [0.4, 0.5) is 4.79 Å². The molecule has 0 spiro atoms. The van der Waals surface area contributed by atoms with E-state index in [1.165, 1.54) is 7.11 Å². The molecular formula is C10H20N2O4S. The van der Waals surface area contributed by atoms with Crippen LogP contribution in [0.1, 0.15) is 12.8 Å². The van der Waals surface area contributed by atoms with Crippen LogP contribution in [0.25, 0.3) is 0 Å². The molecule has 0 aliphatic rings. The maximum atomic E-state index is 11.3. The molecule has 1 atom stereocenters. The van der Waals surface area contributed by atoms with Crippen molar-refractivity contribution in [1.29, 1.82) is 0 Å². The Balaban J connectivity index is 3.71. The molecule has 0 aromatic heterocycles. The van der Waals surface area contributed by atoms with Gasteiger partial charge in [-0.1, -0.05) is 0 Å². The number of amides is 2. The van der Waals surface area contributed by atoms with Crippen LogP contribution in [0.15, 0.2) is 0 Å². The van der Waals surface area contributed by atoms with Gasteiger partial charge in [0.05, 0.1) is 6.61 Å². The van der Waals surface area contributed by atoms with Gasteiger partial charge < -0.3 is 20.5 Å². The zero-order valence-corrected chi connectivity index (χ0v) is 11.0. The van der Waals surface area contributed by atoms with Crippen molar-refractivity contribution >= 4 is 23.8 Å². The molecule has 0 saturated heterocycles. The number of carboxylic acids is 1. The van der Waals surface area contributed by atoms with Crippen LogP contribution in [0.5, 0.6) is 0 Å². The van der Waals surface area contributed by atoms with Gasteiger partial charge in [0.15, 0.2) is 6.04 Å². The van der Waals surface area contributed by atoms with Gasteiger partial charge in [-0.15, -0.1) is 0 Å². The molecule has 6 nitrogen and oxygen atoms in total. The summed E-state index contributed by atoms with van der Waals surface area (Å²) in [6.45, 7) is 0.501. The van der Waals surface area contributed by atoms with Crippen LogP contribution in [0.3, 0.4) is 0 Å². The molecule has 0 aliphatic carbocycles. The average Bonchev–Trinajstić information content (AvgIpc) is 2.28. The van der Waals surface area contributed by atoms with E-state index in [1.54, 1.807) is 11.8 Å². The normalized spacial score (nSPS) is 11.9. The van der Waals surface area contributed by atoms with Crippen molar-refractivity contribution in [3.63, 3.8) is 0 Å². The molecule has 0 aliphatic heterocycles. The summed E-state index contributed by atoms with van der Waals surface area (Å²) in [7, 11) is 1.39. The summed E-state index contributed by atoms with van der Waals surface area (Å²) >= 11 is 1.76. The Morgan fingerprint density at radius 3 is 2.65 bits per heavy atom. The summed E-state index contributed by atoms with van der Waals surface area (Å²) in [5, 5.41) is 13.7. The largest absolute Gasteiger partial charge is 0.480 e. The number of carbonyl (C=O) groups is 2. The van der Waals surface area contributed by atoms with Gasteiger partial charge in [0, 0.05) is 13.7 Å². The summed E-state index contributed by atoms with van der Waals surface area (Å²) in [5.41, 5.74) is 0. The highest BCUT2D eigenvalue weighted by Gasteiger charge is 2.18. The van der Waals surface area contributed by atoms with Crippen molar-refractivity contribution in [3.05, 3.63) is 0 Å². The van der Waals surface area contributed by atoms with Crippen molar-refractivity contribution < 1.29 is 19.4 Å². The van der Waals surface area contributed by atoms with Crippen molar-refractivity contribution in [2.75, 3.05) is 32.3 Å². The van der Waals surface area contributed by atoms with E-state index in [0.29, 0.717) is 6.54 Å². The zero-order chi connectivity index (χ0) is 13.1. The number of carboxylic acid groups (broad SMARTS) is 1. The predicted molar refractivity (Wildman–Crippen MR) is 67.5 cm³/mol. The van der Waals surface area contributed by atoms with Crippen LogP contribution >= 0.6 is 11.8 Å². The lowest BCUT2D eigenvalue weighted by atomic mass is 10.3. The number of carbonyl (C=O) groups excluding carboxylic acids is 1. The molecule has 0 bridgehead atoms. The Hall–Kier alpha value is -0.950. The van der Waals surface area contributed by atoms with E-state index in [-0.39, 0.29) is 6.61 Å². The SMILES string of the molecule is COCC(NC(=O)NCCCCSC)C(=O)O. The monoisotopic (exact) mass is 264 g/mol. The molecule has 100 valence electrons. The van der Waals surface area contributed by atoms with Gasteiger partial charge in [0.25, 0.3) is 0 Å². The maximum absolute atomic E-state index is 11.3. The minimum atomic E-state index is -1.11. The fourth-order valence-corrected chi connectivity index (χ4v) is 1.62. The molecule has 0 aromatic carbocycles. The zero-order valence-electron chi connectivity index (χ0n) is 10.2. The van der Waals surface area contributed by atoms with Gasteiger partial charge in [0.1, 0.15) is 0 Å². The summed E-state index contributed by atoms with van der Waals surface area (Å²) < 4.78 is 4.70. The van der Waals surface area contributed by atoms with Crippen molar-refractivity contribution in [1.82, 2.24) is 10.6 Å². The number of urea groups is 1. The summed E-state index contributed by atoms with van der Waals surface area (Å²) in [6, 6.07) is -1.48. The van der Waals surface area contributed by atoms with E-state index in [4.69, 9.17) is 9.84 Å². The van der Waals surface area contributed by atoms with Crippen LogP contribution in [-0.2, 0) is 9.53 Å². The molecule has 3 N–H and O–H groups in total. The number of methoxy groups -OCH3 is 1. The Labute approximate surface area is 105 Å². The molecule has 0 aromatic rings. The molecule has 0 fully saturated rings. The van der Waals surface area contributed by atoms with Crippen LogP contribution in [0, 0.1) is 0 Å². The first-order chi connectivity index (χ1) is 8.11. The predicted octanol–water partition coefficient (Wildman–Crippen LogP) is 0.528. The van der Waals surface area contributed by atoms with E-state index in [0.717, 1.165) is 18.6 Å². The standard InChI is InChI=1S/C10H20N2O4S/c1-16-7-8(9(13)14)12-10(15)11-5-3-4-6-17-2/h8H,3-7H2,1-2H3,(H,13,14)(H2,11,12,15). The van der Waals surface area contributed by atoms with Gasteiger partial charge in [0.2, 0.25) is 0 Å². The second kappa shape index (κ2) is 10.2. The number of rotatable bonds is 9. The highest BCUT2D eigenvalue weighted by atomic mass is 32.2. The fraction of sp³-hybridized carbons (Fsp3) is 0.800. The third kappa shape index (κ3) is 8.82. The topological polar surface area (TPSA) is 87.7 Å². The van der Waals surface area contributed by atoms with E-state index in [9.17, 15) is 9.59 Å². The first kappa shape index (κ1) is 16.1. The first-order valence-corrected chi connectivity index (χ1v) is 6.76. The lowest BCUT2D eigenvalue weighted by molar-refractivity contribution is -0.140. The van der Waals surface area contributed by atoms with Crippen LogP contribution in [0.2, 0.25) is 0 Å². The number of hydrogen-bond donors (Lipinski definition) is 3. The van der Waals surface area contributed by atoms with Gasteiger partial charge in [-0.3, -0.25) is 0 Å². The van der Waals surface area contributed by atoms with Gasteiger partial charge >= 0.3 is 12.0 Å². The summed E-state index contributed by atoms with van der Waals surface area (Å²) in [4.78, 5) is 22.0. The molecule has 0 rings (SSSR count). The fourth-order valence-electron chi connectivity index (χ4n) is 1.12. The molecule has 0 saturated carbocycles. The third-order valence-corrected chi connectivity index (χ3v) is 2.69. The Morgan fingerprint density at radius 1 is 1.41 bits per heavy atom. The quantitative estimate of drug-likeness (QED) is 0.529. The average molecular weight is 264 g/mol. The molecule has 1 unspecified atom stereocenters. The highest BCUT2D eigenvalue weighted by molar-refractivity contribution is 7.98. The molecule has 2 amide bonds. The second-order valence-electron chi connectivity index (χ2n) is 3.45. The summed E-state index contributed by atoms with van der Waals surface area (Å²) in [5.74, 6) is -0.0468. The van der Waals surface area contributed by atoms with Gasteiger partial charge in [-0.05, 0) is 24.9 Å². The number of nitrogens with one attached hydrogen (secondary N) is 2. The molecular weight excluding hydrogens is 244 g/mol. The van der Waals surface area contributed by atoms with E-state index in [2.05, 4.69) is 10.6 Å². The maximum Gasteiger partial charge on any atom is 0.328 e. The Kier molecular flexibility index (Phi) is 9.65. The van der Waals surface area contributed by atoms with Crippen molar-refractivity contribution in [2.24, 2.45) is 0 Å². The Morgan fingerprint density at radius 2 is 2.12 bits per heavy atom. The second-order valence-corrected chi connectivity index (χ2v) is 4.43. The minimum Gasteiger partial charge on any atom is -0.480 e. The number of unbranched alkanes of at least 4 members (excludes halogenated alkanes) is 1. The lowest BCUT2D eigenvalue weighted by Crippen LogP contribution is -2.48. The van der Waals surface area contributed by atoms with E-state index < -0.39 is 18.0 Å². The van der Waals surface area contributed by atoms with E-state index in [1.807, 2.05) is 6.26 Å². The molecule has 17 heavy (non-hydrogen) atoms. The lowest BCUT2D eigenvalue weighted by Gasteiger charge is -2.14. The van der Waals surface area contributed by atoms with Gasteiger partial charge in [-0.2, -0.15) is 11.8 Å². The van der Waals surface area contributed by atoms with Crippen molar-refractivity contribution in [3.8, 4) is 0 Å². The summed E-state index contributed by atoms with van der Waals surface area (Å²) in [6.07, 6.45) is 3.94. The highest BCUT2D eigenvalue weighted by Crippen LogP contribution is 1.97. The van der Waals surface area contributed by atoms with E-state index >= 15 is 0 Å². The molecule has 7 heteroatoms. The number of aliphatic carboxylic acids is 1. The van der Waals surface area contributed by atoms with Crippen molar-refractivity contribution in [2.45, 2.75) is 18.9 Å². The third-order valence-electron chi connectivity index (χ3n) is 2.00. The van der Waals surface area contributed by atoms with Gasteiger partial charge in [-0.25, -0.2) is 9.59 Å².